The van der Waals surface area contributed by atoms with E-state index in [4.69, 9.17) is 33.2 Å². The van der Waals surface area contributed by atoms with E-state index in [1.54, 1.807) is 55.5 Å². The second-order valence-corrected chi connectivity index (χ2v) is 10.5. The van der Waals surface area contributed by atoms with Crippen molar-refractivity contribution in [2.45, 2.75) is 64.3 Å². The predicted octanol–water partition coefficient (Wildman–Crippen LogP) is 5.58. The molecule has 0 aromatic heterocycles. The molecule has 1 fully saturated rings. The van der Waals surface area contributed by atoms with E-state index in [1.807, 2.05) is 39.0 Å². The maximum absolute atomic E-state index is 13.5. The summed E-state index contributed by atoms with van der Waals surface area (Å²) in [5, 5.41) is 0. The molecule has 9 nitrogen and oxygen atoms in total. The molecule has 0 saturated carbocycles. The fourth-order valence-electron chi connectivity index (χ4n) is 4.73. The summed E-state index contributed by atoms with van der Waals surface area (Å²) >= 11 is 0. The number of hydrogen-bond donors (Lipinski definition) is 0. The van der Waals surface area contributed by atoms with Gasteiger partial charge in [0, 0.05) is 19.1 Å². The minimum atomic E-state index is -0.900. The summed E-state index contributed by atoms with van der Waals surface area (Å²) in [6, 6.07) is 12.2. The first-order valence-corrected chi connectivity index (χ1v) is 13.6. The Morgan fingerprint density at radius 2 is 1.80 bits per heavy atom. The van der Waals surface area contributed by atoms with Gasteiger partial charge in [-0.15, -0.1) is 0 Å². The van der Waals surface area contributed by atoms with Crippen LogP contribution in [0.5, 0.6) is 11.5 Å². The van der Waals surface area contributed by atoms with E-state index in [0.717, 1.165) is 0 Å². The van der Waals surface area contributed by atoms with E-state index in [1.165, 1.54) is 14.2 Å². The summed E-state index contributed by atoms with van der Waals surface area (Å²) in [6.45, 7) is 7.32. The Bertz CT molecular complexity index is 1270. The van der Waals surface area contributed by atoms with Crippen molar-refractivity contribution in [1.29, 1.82) is 0 Å². The van der Waals surface area contributed by atoms with E-state index in [2.05, 4.69) is 0 Å². The number of ether oxygens (including phenoxy) is 7. The molecule has 41 heavy (non-hydrogen) atoms. The third-order valence-electron chi connectivity index (χ3n) is 6.98. The first-order chi connectivity index (χ1) is 19.6. The standard InChI is InChI=1S/C32H38O9/c1-20-15-16-25(39-30(33)22-11-8-7-9-12-22)29-26(40-32(3,4)41-29)14-10-13-23-17-24(36-6)18-27(37-19-35-5)28(23)31(34)38-21(20)2/h7-13,15-18,20-21,25-26,29H,14,19H2,1-6H3/b13-10?,16-15-/t20-,21+,25?,26?,29-/m1/s1. The van der Waals surface area contributed by atoms with Crippen LogP contribution in [0.25, 0.3) is 6.08 Å². The lowest BCUT2D eigenvalue weighted by Crippen LogP contribution is -2.37. The van der Waals surface area contributed by atoms with Gasteiger partial charge >= 0.3 is 11.9 Å². The molecule has 5 atom stereocenters. The lowest BCUT2D eigenvalue weighted by Gasteiger charge is -2.25. The topological polar surface area (TPSA) is 98.8 Å². The molecule has 0 amide bonds. The number of rotatable bonds is 6. The van der Waals surface area contributed by atoms with Crippen molar-refractivity contribution < 1.29 is 42.7 Å². The van der Waals surface area contributed by atoms with Crippen LogP contribution >= 0.6 is 0 Å². The molecule has 0 bridgehead atoms. The number of esters is 2. The van der Waals surface area contributed by atoms with Crippen LogP contribution in [0.2, 0.25) is 0 Å². The zero-order valence-electron chi connectivity index (χ0n) is 24.3. The molecule has 220 valence electrons. The Morgan fingerprint density at radius 1 is 1.05 bits per heavy atom. The van der Waals surface area contributed by atoms with Crippen LogP contribution in [0.1, 0.15) is 60.4 Å². The Hall–Kier alpha value is -3.66. The zero-order chi connectivity index (χ0) is 29.6. The van der Waals surface area contributed by atoms with Gasteiger partial charge in [-0.25, -0.2) is 9.59 Å². The Labute approximate surface area is 241 Å². The molecule has 2 aromatic carbocycles. The molecule has 2 unspecified atom stereocenters. The van der Waals surface area contributed by atoms with Gasteiger partial charge in [0.05, 0.1) is 18.8 Å². The van der Waals surface area contributed by atoms with Gasteiger partial charge in [-0.05, 0) is 57.0 Å². The van der Waals surface area contributed by atoms with Crippen molar-refractivity contribution in [1.82, 2.24) is 0 Å². The van der Waals surface area contributed by atoms with Crippen molar-refractivity contribution >= 4 is 18.0 Å². The second kappa shape index (κ2) is 13.3. The highest BCUT2D eigenvalue weighted by atomic mass is 16.8. The third kappa shape index (κ3) is 7.55. The fourth-order valence-corrected chi connectivity index (χ4v) is 4.73. The van der Waals surface area contributed by atoms with Gasteiger partial charge in [-0.1, -0.05) is 43.4 Å². The molecule has 2 heterocycles. The molecular weight excluding hydrogens is 528 g/mol. The van der Waals surface area contributed by atoms with Crippen molar-refractivity contribution in [3.05, 3.63) is 77.4 Å². The van der Waals surface area contributed by atoms with Crippen LogP contribution in [-0.4, -0.2) is 63.2 Å². The molecule has 2 aromatic rings. The van der Waals surface area contributed by atoms with Gasteiger partial charge in [0.25, 0.3) is 0 Å². The van der Waals surface area contributed by atoms with Gasteiger partial charge in [0.2, 0.25) is 0 Å². The smallest absolute Gasteiger partial charge is 0.342 e. The maximum atomic E-state index is 13.5. The molecule has 1 saturated heterocycles. The number of hydrogen-bond acceptors (Lipinski definition) is 9. The second-order valence-electron chi connectivity index (χ2n) is 10.5. The molecule has 9 heteroatoms. The SMILES string of the molecule is COCOc1cc(OC)cc2c1C(=O)O[C@@H](C)[C@H](C)/C=C\C(OC(=O)c1ccccc1)[C@H]1OC(C)(C)OC1CC=C2. The average molecular weight is 567 g/mol. The quantitative estimate of drug-likeness (QED) is 0.252. The van der Waals surface area contributed by atoms with Crippen LogP contribution in [0.15, 0.2) is 60.7 Å². The van der Waals surface area contributed by atoms with Gasteiger partial charge in [-0.3, -0.25) is 0 Å². The maximum Gasteiger partial charge on any atom is 0.342 e. The van der Waals surface area contributed by atoms with E-state index in [0.29, 0.717) is 23.3 Å². The van der Waals surface area contributed by atoms with E-state index in [-0.39, 0.29) is 24.0 Å². The van der Waals surface area contributed by atoms with Gasteiger partial charge in [0.1, 0.15) is 35.4 Å². The van der Waals surface area contributed by atoms with E-state index >= 15 is 0 Å². The number of carbonyl (C=O) groups is 2. The largest absolute Gasteiger partial charge is 0.497 e. The highest BCUT2D eigenvalue weighted by Gasteiger charge is 2.45. The molecular formula is C32H38O9. The highest BCUT2D eigenvalue weighted by molar-refractivity contribution is 5.97. The molecule has 0 radical (unpaired) electrons. The van der Waals surface area contributed by atoms with Crippen molar-refractivity contribution in [3.8, 4) is 11.5 Å². The third-order valence-corrected chi connectivity index (χ3v) is 6.98. The molecule has 0 aliphatic carbocycles. The number of carbonyl (C=O) groups excluding carboxylic acids is 2. The van der Waals surface area contributed by atoms with Crippen LogP contribution < -0.4 is 9.47 Å². The monoisotopic (exact) mass is 566 g/mol. The molecule has 2 aliphatic rings. The summed E-state index contributed by atoms with van der Waals surface area (Å²) in [5.41, 5.74) is 1.24. The van der Waals surface area contributed by atoms with Crippen LogP contribution in [0, 0.1) is 5.92 Å². The minimum absolute atomic E-state index is 0.0571. The molecule has 4 rings (SSSR count). The van der Waals surface area contributed by atoms with Crippen molar-refractivity contribution in [2.24, 2.45) is 5.92 Å². The summed E-state index contributed by atoms with van der Waals surface area (Å²) in [5.74, 6) is -1.36. The normalized spacial score (nSPS) is 26.6. The lowest BCUT2D eigenvalue weighted by atomic mass is 9.98. The summed E-state index contributed by atoms with van der Waals surface area (Å²) in [6.07, 6.45) is 5.44. The number of fused-ring (bicyclic) bond motifs is 2. The minimum Gasteiger partial charge on any atom is -0.497 e. The number of methoxy groups -OCH3 is 2. The van der Waals surface area contributed by atoms with Crippen LogP contribution in [0.4, 0.5) is 0 Å². The summed E-state index contributed by atoms with van der Waals surface area (Å²) < 4.78 is 40.7. The van der Waals surface area contributed by atoms with Gasteiger partial charge in [0.15, 0.2) is 12.6 Å². The predicted molar refractivity (Wildman–Crippen MR) is 152 cm³/mol. The van der Waals surface area contributed by atoms with Crippen molar-refractivity contribution in [3.63, 3.8) is 0 Å². The lowest BCUT2D eigenvalue weighted by molar-refractivity contribution is -0.152. The Balaban J connectivity index is 1.74. The van der Waals surface area contributed by atoms with E-state index < -0.39 is 42.1 Å². The first-order valence-electron chi connectivity index (χ1n) is 13.6. The highest BCUT2D eigenvalue weighted by Crippen LogP contribution is 2.36. The average Bonchev–Trinajstić information content (AvgIpc) is 3.27. The first kappa shape index (κ1) is 30.3. The molecule has 2 aliphatic heterocycles. The van der Waals surface area contributed by atoms with Crippen LogP contribution in [-0.2, 0) is 23.7 Å². The molecule has 0 N–H and O–H groups in total. The van der Waals surface area contributed by atoms with Crippen LogP contribution in [0.3, 0.4) is 0 Å². The zero-order valence-corrected chi connectivity index (χ0v) is 24.3. The van der Waals surface area contributed by atoms with E-state index in [9.17, 15) is 9.59 Å². The van der Waals surface area contributed by atoms with Gasteiger partial charge < -0.3 is 33.2 Å². The van der Waals surface area contributed by atoms with Crippen molar-refractivity contribution in [2.75, 3.05) is 21.0 Å². The number of benzene rings is 2. The Kier molecular flexibility index (Phi) is 9.86. The summed E-state index contributed by atoms with van der Waals surface area (Å²) in [4.78, 5) is 26.6. The van der Waals surface area contributed by atoms with Gasteiger partial charge in [-0.2, -0.15) is 0 Å². The number of cyclic esters (lactones) is 1. The summed E-state index contributed by atoms with van der Waals surface area (Å²) in [7, 11) is 3.04. The Morgan fingerprint density at radius 3 is 2.51 bits per heavy atom. The fraction of sp³-hybridized carbons (Fsp3) is 0.438. The molecule has 0 spiro atoms.